The fourth-order valence-electron chi connectivity index (χ4n) is 4.08. The van der Waals surface area contributed by atoms with Gasteiger partial charge in [-0.3, -0.25) is 9.59 Å². The van der Waals surface area contributed by atoms with Gasteiger partial charge >= 0.3 is 0 Å². The van der Waals surface area contributed by atoms with Gasteiger partial charge in [0.05, 0.1) is 17.4 Å². The van der Waals surface area contributed by atoms with Gasteiger partial charge in [0.15, 0.2) is 5.17 Å². The second-order valence-corrected chi connectivity index (χ2v) is 9.63. The lowest BCUT2D eigenvalue weighted by Crippen LogP contribution is -2.25. The van der Waals surface area contributed by atoms with Crippen LogP contribution in [0.4, 0.5) is 10.1 Å². The van der Waals surface area contributed by atoms with E-state index in [2.05, 4.69) is 34.6 Å². The van der Waals surface area contributed by atoms with Crippen molar-refractivity contribution in [2.24, 2.45) is 10.1 Å². The van der Waals surface area contributed by atoms with E-state index < -0.39 is 17.0 Å². The normalized spacial score (nSPS) is 19.5. The van der Waals surface area contributed by atoms with Gasteiger partial charge in [-0.1, -0.05) is 84.1 Å². The summed E-state index contributed by atoms with van der Waals surface area (Å²) in [6, 6.07) is 24.0. The maximum atomic E-state index is 13.9. The Morgan fingerprint density at radius 2 is 1.77 bits per heavy atom. The van der Waals surface area contributed by atoms with Crippen LogP contribution in [0.1, 0.15) is 35.6 Å². The number of anilines is 1. The van der Waals surface area contributed by atoms with Crippen molar-refractivity contribution in [1.82, 2.24) is 5.01 Å². The number of carbonyl (C=O) groups is 2. The summed E-state index contributed by atoms with van der Waals surface area (Å²) < 4.78 is 13.9. The van der Waals surface area contributed by atoms with Crippen molar-refractivity contribution in [1.29, 1.82) is 0 Å². The quantitative estimate of drug-likeness (QED) is 0.530. The van der Waals surface area contributed by atoms with Crippen LogP contribution in [-0.2, 0) is 9.59 Å². The highest BCUT2D eigenvalue weighted by molar-refractivity contribution is 8.15. The summed E-state index contributed by atoms with van der Waals surface area (Å²) >= 11 is 1.22. The lowest BCUT2D eigenvalue weighted by Gasteiger charge is -2.23. The maximum Gasteiger partial charge on any atom is 0.262 e. The van der Waals surface area contributed by atoms with Crippen LogP contribution < -0.4 is 5.32 Å². The average molecular weight is 487 g/mol. The summed E-state index contributed by atoms with van der Waals surface area (Å²) in [6.45, 7) is 2.04. The molecule has 5 rings (SSSR count). The van der Waals surface area contributed by atoms with Crippen molar-refractivity contribution in [2.45, 2.75) is 31.1 Å². The summed E-state index contributed by atoms with van der Waals surface area (Å²) in [4.78, 5) is 29.5. The van der Waals surface area contributed by atoms with Gasteiger partial charge in [0.2, 0.25) is 5.91 Å². The Balaban J connectivity index is 1.35. The monoisotopic (exact) mass is 486 g/mol. The van der Waals surface area contributed by atoms with Gasteiger partial charge < -0.3 is 5.32 Å². The molecule has 176 valence electrons. The summed E-state index contributed by atoms with van der Waals surface area (Å²) in [5, 5.41) is 8.96. The molecule has 0 fully saturated rings. The van der Waals surface area contributed by atoms with Crippen molar-refractivity contribution in [3.63, 3.8) is 0 Å². The lowest BCUT2D eigenvalue weighted by molar-refractivity contribution is -0.121. The molecule has 1 N–H and O–H groups in total. The predicted molar refractivity (Wildman–Crippen MR) is 137 cm³/mol. The Kier molecular flexibility index (Phi) is 6.46. The molecule has 2 heterocycles. The number of hydrazone groups is 1. The first-order valence-corrected chi connectivity index (χ1v) is 12.2. The van der Waals surface area contributed by atoms with E-state index in [-0.39, 0.29) is 24.1 Å². The summed E-state index contributed by atoms with van der Waals surface area (Å²) in [7, 11) is 0. The Hall–Kier alpha value is -3.78. The first-order chi connectivity index (χ1) is 17.0. The molecule has 0 radical (unpaired) electrons. The number of halogens is 1. The van der Waals surface area contributed by atoms with Crippen molar-refractivity contribution >= 4 is 40.1 Å². The van der Waals surface area contributed by atoms with E-state index in [1.807, 2.05) is 37.3 Å². The number of carbonyl (C=O) groups excluding carboxylic acids is 2. The Labute approximate surface area is 207 Å². The van der Waals surface area contributed by atoms with Crippen LogP contribution in [0.15, 0.2) is 89.0 Å². The fourth-order valence-corrected chi connectivity index (χ4v) is 5.14. The smallest absolute Gasteiger partial charge is 0.262 e. The summed E-state index contributed by atoms with van der Waals surface area (Å²) in [5.74, 6) is -1.36. The Bertz CT molecular complexity index is 1320. The zero-order valence-corrected chi connectivity index (χ0v) is 19.8. The molecule has 2 atom stereocenters. The van der Waals surface area contributed by atoms with E-state index in [4.69, 9.17) is 5.10 Å². The molecule has 3 aromatic rings. The number of aryl methyl sites for hydroxylation is 1. The van der Waals surface area contributed by atoms with Gasteiger partial charge in [0, 0.05) is 12.8 Å². The number of hydrogen-bond acceptors (Lipinski definition) is 5. The number of amidine groups is 1. The minimum Gasteiger partial charge on any atom is -0.324 e. The third kappa shape index (κ3) is 5.02. The number of nitrogens with one attached hydrogen (secondary N) is 1. The highest BCUT2D eigenvalue weighted by Gasteiger charge is 2.39. The number of thioether (sulfide) groups is 1. The van der Waals surface area contributed by atoms with Crippen molar-refractivity contribution < 1.29 is 14.0 Å². The minimum absolute atomic E-state index is 0.0881. The molecule has 35 heavy (non-hydrogen) atoms. The minimum atomic E-state index is -0.689. The van der Waals surface area contributed by atoms with Crippen LogP contribution in [-0.4, -0.2) is 33.0 Å². The average Bonchev–Trinajstić information content (AvgIpc) is 3.46. The Morgan fingerprint density at radius 3 is 2.51 bits per heavy atom. The van der Waals surface area contributed by atoms with E-state index >= 15 is 0 Å². The Morgan fingerprint density at radius 1 is 1.06 bits per heavy atom. The third-order valence-corrected chi connectivity index (χ3v) is 7.07. The van der Waals surface area contributed by atoms with Gasteiger partial charge in [-0.05, 0) is 30.2 Å². The number of nitrogens with zero attached hydrogens (tertiary/aromatic N) is 3. The van der Waals surface area contributed by atoms with Crippen molar-refractivity contribution in [3.8, 4) is 0 Å². The fraction of sp³-hybridized carbons (Fsp3) is 0.185. The number of aliphatic imine (C=N–C) groups is 1. The van der Waals surface area contributed by atoms with E-state index in [9.17, 15) is 14.0 Å². The highest BCUT2D eigenvalue weighted by Crippen LogP contribution is 2.38. The van der Waals surface area contributed by atoms with Crippen LogP contribution in [0.25, 0.3) is 0 Å². The van der Waals surface area contributed by atoms with Gasteiger partial charge in [-0.2, -0.15) is 10.1 Å². The van der Waals surface area contributed by atoms with Crippen LogP contribution in [0.3, 0.4) is 0 Å². The molecule has 0 aromatic heterocycles. The number of para-hydroxylation sites is 1. The molecule has 0 aliphatic carbocycles. The molecule has 0 saturated carbocycles. The molecule has 8 heteroatoms. The standard InChI is InChI=1S/C27H23FN4O2S/c1-17-11-13-19(14-12-17)23-15-22(18-7-3-2-4-8-18)31-32(23)27-30-26(34)24(35-27)16-25(33)29-21-10-6-5-9-20(21)28/h2-14,23-24H,15-16H2,1H3,(H,29,33). The predicted octanol–water partition coefficient (Wildman–Crippen LogP) is 5.31. The van der Waals surface area contributed by atoms with Gasteiger partial charge in [-0.15, -0.1) is 0 Å². The van der Waals surface area contributed by atoms with Crippen LogP contribution in [0, 0.1) is 12.7 Å². The van der Waals surface area contributed by atoms with Gasteiger partial charge in [-0.25, -0.2) is 9.40 Å². The van der Waals surface area contributed by atoms with E-state index in [0.717, 1.165) is 22.4 Å². The zero-order chi connectivity index (χ0) is 24.4. The second-order valence-electron chi connectivity index (χ2n) is 8.46. The van der Waals surface area contributed by atoms with Gasteiger partial charge in [0.25, 0.3) is 5.91 Å². The maximum absolute atomic E-state index is 13.9. The van der Waals surface area contributed by atoms with Gasteiger partial charge in [0.1, 0.15) is 11.1 Å². The number of rotatable bonds is 5. The summed E-state index contributed by atoms with van der Waals surface area (Å²) in [6.07, 6.45) is 0.558. The zero-order valence-electron chi connectivity index (χ0n) is 19.0. The molecule has 6 nitrogen and oxygen atoms in total. The van der Waals surface area contributed by atoms with Crippen LogP contribution >= 0.6 is 11.8 Å². The van der Waals surface area contributed by atoms with Crippen LogP contribution in [0.2, 0.25) is 0 Å². The summed E-state index contributed by atoms with van der Waals surface area (Å²) in [5.41, 5.74) is 4.24. The topological polar surface area (TPSA) is 74.1 Å². The molecule has 3 aromatic carbocycles. The van der Waals surface area contributed by atoms with Crippen molar-refractivity contribution in [3.05, 3.63) is 101 Å². The van der Waals surface area contributed by atoms with E-state index in [0.29, 0.717) is 11.6 Å². The van der Waals surface area contributed by atoms with E-state index in [1.54, 1.807) is 17.1 Å². The molecular formula is C27H23FN4O2S. The number of amides is 2. The molecule has 2 unspecified atom stereocenters. The molecule has 2 amide bonds. The molecule has 0 spiro atoms. The largest absolute Gasteiger partial charge is 0.324 e. The van der Waals surface area contributed by atoms with Crippen LogP contribution in [0.5, 0.6) is 0 Å². The molecule has 0 saturated heterocycles. The lowest BCUT2D eigenvalue weighted by atomic mass is 9.98. The molecule has 2 aliphatic heterocycles. The molecule has 0 bridgehead atoms. The first kappa shape index (κ1) is 23.0. The number of hydrogen-bond donors (Lipinski definition) is 1. The number of benzene rings is 3. The van der Waals surface area contributed by atoms with E-state index in [1.165, 1.54) is 23.9 Å². The second kappa shape index (κ2) is 9.84. The molecular weight excluding hydrogens is 463 g/mol. The highest BCUT2D eigenvalue weighted by atomic mass is 32.2. The first-order valence-electron chi connectivity index (χ1n) is 11.3. The SMILES string of the molecule is Cc1ccc(C2CC(c3ccccc3)=NN2C2=NC(=O)C(CC(=O)Nc3ccccc3F)S2)cc1. The van der Waals surface area contributed by atoms with Crippen molar-refractivity contribution in [2.75, 3.05) is 5.32 Å². The molecule has 2 aliphatic rings. The third-order valence-electron chi connectivity index (χ3n) is 5.92.